The molecule has 3 aromatic rings. The lowest BCUT2D eigenvalue weighted by molar-refractivity contribution is -0.139. The zero-order valence-corrected chi connectivity index (χ0v) is 14.5. The first-order valence-corrected chi connectivity index (χ1v) is 8.25. The highest BCUT2D eigenvalue weighted by Gasteiger charge is 2.34. The Kier molecular flexibility index (Phi) is 5.04. The fourth-order valence-corrected chi connectivity index (χ4v) is 3.00. The number of hydrogen-bond acceptors (Lipinski definition) is 5. The van der Waals surface area contributed by atoms with Crippen molar-refractivity contribution in [1.82, 2.24) is 15.2 Å². The van der Waals surface area contributed by atoms with E-state index in [1.165, 1.54) is 0 Å². The topological polar surface area (TPSA) is 79.8 Å². The monoisotopic (exact) mass is 397 g/mol. The molecule has 0 radical (unpaired) electrons. The number of halogens is 4. The molecule has 2 aromatic heterocycles. The molecule has 0 saturated carbocycles. The van der Waals surface area contributed by atoms with Gasteiger partial charge in [-0.3, -0.25) is 10.3 Å². The van der Waals surface area contributed by atoms with Crippen molar-refractivity contribution in [2.45, 2.75) is 13.1 Å². The van der Waals surface area contributed by atoms with Crippen LogP contribution in [0.15, 0.2) is 36.7 Å². The van der Waals surface area contributed by atoms with Gasteiger partial charge in [0.25, 0.3) is 0 Å². The van der Waals surface area contributed by atoms with Crippen molar-refractivity contribution in [3.8, 4) is 10.6 Å². The number of aryl methyl sites for hydroxylation is 1. The van der Waals surface area contributed by atoms with Crippen LogP contribution >= 0.6 is 11.3 Å². The van der Waals surface area contributed by atoms with Gasteiger partial charge < -0.3 is 5.32 Å². The number of amides is 2. The molecule has 0 aliphatic carbocycles. The van der Waals surface area contributed by atoms with Crippen LogP contribution in [0.2, 0.25) is 0 Å². The summed E-state index contributed by atoms with van der Waals surface area (Å²) in [6, 6.07) is 3.09. The maximum Gasteiger partial charge on any atom is 0.419 e. The Hall–Kier alpha value is -3.08. The van der Waals surface area contributed by atoms with Gasteiger partial charge in [0.1, 0.15) is 10.8 Å². The minimum atomic E-state index is -4.87. The molecule has 0 atom stereocenters. The second kappa shape index (κ2) is 7.27. The van der Waals surface area contributed by atoms with Gasteiger partial charge in [-0.2, -0.15) is 13.2 Å². The number of hydrogen-bond donors (Lipinski definition) is 2. The number of pyridine rings is 1. The molecule has 0 bridgehead atoms. The van der Waals surface area contributed by atoms with Crippen LogP contribution in [-0.4, -0.2) is 21.2 Å². The van der Waals surface area contributed by atoms with Gasteiger partial charge >= 0.3 is 12.2 Å². The number of nitrogens with zero attached hydrogens (tertiary/aromatic N) is 3. The van der Waals surface area contributed by atoms with E-state index >= 15 is 0 Å². The van der Waals surface area contributed by atoms with Gasteiger partial charge in [0.2, 0.25) is 5.13 Å². The molecule has 6 nitrogen and oxygen atoms in total. The first-order valence-electron chi connectivity index (χ1n) is 7.43. The molecular weight excluding hydrogens is 386 g/mol. The van der Waals surface area contributed by atoms with Crippen LogP contribution in [0.1, 0.15) is 11.1 Å². The van der Waals surface area contributed by atoms with Crippen LogP contribution < -0.4 is 10.6 Å². The van der Waals surface area contributed by atoms with Gasteiger partial charge in [-0.25, -0.2) is 9.18 Å². The Bertz CT molecular complexity index is 989. The minimum Gasteiger partial charge on any atom is -0.308 e. The molecule has 27 heavy (non-hydrogen) atoms. The summed E-state index contributed by atoms with van der Waals surface area (Å²) < 4.78 is 51.4. The molecule has 3 rings (SSSR count). The molecular formula is C16H11F4N5OS. The smallest absolute Gasteiger partial charge is 0.308 e. The van der Waals surface area contributed by atoms with Crippen molar-refractivity contribution in [3.05, 3.63) is 53.6 Å². The maximum atomic E-state index is 13.3. The van der Waals surface area contributed by atoms with E-state index in [9.17, 15) is 22.4 Å². The predicted molar refractivity (Wildman–Crippen MR) is 91.9 cm³/mol. The molecule has 0 aliphatic heterocycles. The third-order valence-corrected chi connectivity index (χ3v) is 4.30. The van der Waals surface area contributed by atoms with Gasteiger partial charge in [-0.15, -0.1) is 10.2 Å². The van der Waals surface area contributed by atoms with Crippen LogP contribution in [-0.2, 0) is 6.18 Å². The second-order valence-electron chi connectivity index (χ2n) is 5.37. The lowest BCUT2D eigenvalue weighted by Crippen LogP contribution is -2.20. The first kappa shape index (κ1) is 18.7. The average Bonchev–Trinajstić information content (AvgIpc) is 3.04. The average molecular weight is 397 g/mol. The van der Waals surface area contributed by atoms with Crippen molar-refractivity contribution in [2.75, 3.05) is 10.6 Å². The number of urea groups is 1. The molecule has 1 aromatic carbocycles. The van der Waals surface area contributed by atoms with Crippen LogP contribution in [0.25, 0.3) is 10.6 Å². The van der Waals surface area contributed by atoms with Gasteiger partial charge in [0.05, 0.1) is 5.56 Å². The highest BCUT2D eigenvalue weighted by molar-refractivity contribution is 7.18. The zero-order chi connectivity index (χ0) is 19.6. The first-order chi connectivity index (χ1) is 12.7. The predicted octanol–water partition coefficient (Wildman–Crippen LogP) is 4.71. The number of carbonyl (C=O) groups excluding carboxylic acids is 1. The fourth-order valence-electron chi connectivity index (χ4n) is 2.18. The summed E-state index contributed by atoms with van der Waals surface area (Å²) in [4.78, 5) is 15.9. The minimum absolute atomic E-state index is 0.150. The second-order valence-corrected chi connectivity index (χ2v) is 6.35. The third kappa shape index (κ3) is 4.37. The Balaban J connectivity index is 1.71. The molecule has 2 amide bonds. The number of alkyl halides is 3. The van der Waals surface area contributed by atoms with E-state index in [1.807, 2.05) is 6.92 Å². The van der Waals surface area contributed by atoms with Gasteiger partial charge in [0, 0.05) is 23.6 Å². The van der Waals surface area contributed by atoms with Crippen molar-refractivity contribution in [1.29, 1.82) is 0 Å². The van der Waals surface area contributed by atoms with E-state index in [0.29, 0.717) is 17.1 Å². The molecule has 0 fully saturated rings. The molecule has 2 heterocycles. The fraction of sp³-hybridized carbons (Fsp3) is 0.125. The number of anilines is 2. The Morgan fingerprint density at radius 1 is 1.15 bits per heavy atom. The van der Waals surface area contributed by atoms with Crippen LogP contribution in [0.3, 0.4) is 0 Å². The largest absolute Gasteiger partial charge is 0.419 e. The van der Waals surface area contributed by atoms with Gasteiger partial charge in [0.15, 0.2) is 0 Å². The number of rotatable bonds is 3. The summed E-state index contributed by atoms with van der Waals surface area (Å²) in [5, 5.41) is 13.1. The van der Waals surface area contributed by atoms with Gasteiger partial charge in [-0.1, -0.05) is 11.3 Å². The van der Waals surface area contributed by atoms with Gasteiger partial charge in [-0.05, 0) is 36.8 Å². The van der Waals surface area contributed by atoms with Crippen molar-refractivity contribution < 1.29 is 22.4 Å². The lowest BCUT2D eigenvalue weighted by atomic mass is 10.2. The van der Waals surface area contributed by atoms with E-state index in [-0.39, 0.29) is 10.8 Å². The lowest BCUT2D eigenvalue weighted by Gasteiger charge is -2.11. The highest BCUT2D eigenvalue weighted by atomic mass is 32.1. The molecule has 0 spiro atoms. The van der Waals surface area contributed by atoms with Crippen molar-refractivity contribution in [3.63, 3.8) is 0 Å². The SMILES string of the molecule is Cc1cnccc1-c1nnc(NC(=O)Nc2ccc(F)c(C(F)(F)F)c2)s1. The normalized spacial score (nSPS) is 11.3. The van der Waals surface area contributed by atoms with Crippen LogP contribution in [0.4, 0.5) is 33.2 Å². The summed E-state index contributed by atoms with van der Waals surface area (Å²) >= 11 is 1.09. The number of carbonyl (C=O) groups is 1. The quantitative estimate of drug-likeness (QED) is 0.628. The van der Waals surface area contributed by atoms with Crippen LogP contribution in [0.5, 0.6) is 0 Å². The zero-order valence-electron chi connectivity index (χ0n) is 13.6. The Morgan fingerprint density at radius 3 is 2.63 bits per heavy atom. The summed E-state index contributed by atoms with van der Waals surface area (Å²) in [6.45, 7) is 1.84. The summed E-state index contributed by atoms with van der Waals surface area (Å²) in [5.41, 5.74) is -0.0115. The van der Waals surface area contributed by atoms with E-state index in [4.69, 9.17) is 0 Å². The van der Waals surface area contributed by atoms with Crippen molar-refractivity contribution in [2.24, 2.45) is 0 Å². The molecule has 140 valence electrons. The molecule has 0 unspecified atom stereocenters. The number of benzene rings is 1. The summed E-state index contributed by atoms with van der Waals surface area (Å²) in [5.74, 6) is -1.42. The van der Waals surface area contributed by atoms with E-state index in [1.54, 1.807) is 18.5 Å². The summed E-state index contributed by atoms with van der Waals surface area (Å²) in [7, 11) is 0. The Labute approximate surface area is 154 Å². The van der Waals surface area contributed by atoms with E-state index < -0.39 is 23.6 Å². The Morgan fingerprint density at radius 2 is 1.93 bits per heavy atom. The third-order valence-electron chi connectivity index (χ3n) is 3.43. The van der Waals surface area contributed by atoms with E-state index in [0.717, 1.165) is 28.5 Å². The molecule has 0 saturated heterocycles. The molecule has 11 heteroatoms. The maximum absolute atomic E-state index is 13.3. The highest BCUT2D eigenvalue weighted by Crippen LogP contribution is 2.33. The number of nitrogens with one attached hydrogen (secondary N) is 2. The molecule has 0 aliphatic rings. The number of aromatic nitrogens is 3. The molecule has 2 N–H and O–H groups in total. The van der Waals surface area contributed by atoms with E-state index in [2.05, 4.69) is 25.8 Å². The summed E-state index contributed by atoms with van der Waals surface area (Å²) in [6.07, 6.45) is -1.62. The standard InChI is InChI=1S/C16H11F4N5OS/c1-8-7-21-5-4-10(8)13-24-25-15(27-13)23-14(26)22-9-2-3-12(17)11(6-9)16(18,19)20/h2-7H,1H3,(H2,22,23,25,26). The van der Waals surface area contributed by atoms with Crippen LogP contribution in [0, 0.1) is 12.7 Å². The van der Waals surface area contributed by atoms with Crippen molar-refractivity contribution >= 4 is 28.2 Å².